The monoisotopic (exact) mass is 710 g/mol. The second-order valence-corrected chi connectivity index (χ2v) is 16.9. The Balaban J connectivity index is 0.936. The van der Waals surface area contributed by atoms with E-state index in [4.69, 9.17) is 33.2 Å². The average molecular weight is 711 g/mol. The molecule has 0 bridgehead atoms. The van der Waals surface area contributed by atoms with E-state index in [1.165, 1.54) is 7.11 Å². The summed E-state index contributed by atoms with van der Waals surface area (Å²) in [6, 6.07) is 0. The number of rotatable bonds is 7. The summed E-state index contributed by atoms with van der Waals surface area (Å²) < 4.78 is 41.8. The molecule has 8 rings (SSSR count). The molecule has 14 heteroatoms. The lowest BCUT2D eigenvalue weighted by molar-refractivity contribution is -0.375. The van der Waals surface area contributed by atoms with Crippen molar-refractivity contribution < 1.29 is 68.6 Å². The van der Waals surface area contributed by atoms with E-state index in [-0.39, 0.29) is 35.4 Å². The summed E-state index contributed by atoms with van der Waals surface area (Å²) in [7, 11) is 1.43. The van der Waals surface area contributed by atoms with Gasteiger partial charge in [-0.15, -0.1) is 0 Å². The van der Waals surface area contributed by atoms with E-state index in [9.17, 15) is 35.4 Å². The van der Waals surface area contributed by atoms with Gasteiger partial charge in [0.25, 0.3) is 0 Å². The maximum Gasteiger partial charge on any atom is 0.331 e. The molecule has 1 spiro atoms. The van der Waals surface area contributed by atoms with Crippen molar-refractivity contribution in [2.45, 2.75) is 151 Å². The number of fused-ring (bicyclic) bond motifs is 3. The summed E-state index contributed by atoms with van der Waals surface area (Å²) in [4.78, 5) is 11.9. The fourth-order valence-electron chi connectivity index (χ4n) is 12.0. The number of ether oxygens (including phenoxy) is 7. The predicted molar refractivity (Wildman–Crippen MR) is 170 cm³/mol. The van der Waals surface area contributed by atoms with Crippen molar-refractivity contribution in [2.24, 2.45) is 34.5 Å². The van der Waals surface area contributed by atoms with E-state index >= 15 is 0 Å². The third-order valence-corrected chi connectivity index (χ3v) is 14.9. The summed E-state index contributed by atoms with van der Waals surface area (Å²) in [5.74, 6) is -0.763. The lowest BCUT2D eigenvalue weighted by Crippen LogP contribution is -2.68. The summed E-state index contributed by atoms with van der Waals surface area (Å²) in [5.41, 5.74) is -1.02. The molecule has 8 aliphatic rings. The molecule has 6 N–H and O–H groups in total. The topological polar surface area (TPSA) is 206 Å². The highest BCUT2D eigenvalue weighted by Gasteiger charge is 2.84. The van der Waals surface area contributed by atoms with Crippen LogP contribution in [0.1, 0.15) is 72.1 Å². The van der Waals surface area contributed by atoms with Gasteiger partial charge in [0.15, 0.2) is 18.9 Å². The van der Waals surface area contributed by atoms with Crippen LogP contribution in [-0.2, 0) is 38.0 Å². The van der Waals surface area contributed by atoms with Crippen molar-refractivity contribution in [3.8, 4) is 0 Å². The van der Waals surface area contributed by atoms with Crippen molar-refractivity contribution in [2.75, 3.05) is 20.3 Å². The number of carbonyl (C=O) groups is 1. The minimum absolute atomic E-state index is 0.0432. The van der Waals surface area contributed by atoms with Crippen LogP contribution in [0.15, 0.2) is 11.6 Å². The normalized spacial score (nSPS) is 57.2. The van der Waals surface area contributed by atoms with Gasteiger partial charge in [0.2, 0.25) is 0 Å². The number of methoxy groups -OCH3 is 1. The fraction of sp³-hybridized carbons (Fsp3) is 0.917. The molecule has 19 atom stereocenters. The SMILES string of the molecule is CO[C@H]1[C@H](O)[C@H](O[C@H]2CC[C@]3(C)C4CC[C@]5(C)[C@H](C6=CC(=O)OC6)CCC5(O)C45O[C@@H]5C[C@@H]3C2)O[C@@H](C)[C@@H]1O[C@@H]1O[C@H](O)[C@@H](O)[C@H](O)[C@H]1CO. The Morgan fingerprint density at radius 1 is 0.920 bits per heavy atom. The molecule has 0 radical (unpaired) electrons. The van der Waals surface area contributed by atoms with Crippen LogP contribution in [0.5, 0.6) is 0 Å². The molecule has 7 fully saturated rings. The maximum atomic E-state index is 12.7. The second kappa shape index (κ2) is 12.4. The first kappa shape index (κ1) is 35.7. The predicted octanol–water partition coefficient (Wildman–Crippen LogP) is 0.271. The molecule has 4 heterocycles. The van der Waals surface area contributed by atoms with Crippen LogP contribution in [-0.4, -0.2) is 136 Å². The third-order valence-electron chi connectivity index (χ3n) is 14.9. The van der Waals surface area contributed by atoms with Crippen molar-refractivity contribution in [3.63, 3.8) is 0 Å². The first-order valence-corrected chi connectivity index (χ1v) is 18.5. The van der Waals surface area contributed by atoms with Crippen LogP contribution in [0.3, 0.4) is 0 Å². The van der Waals surface area contributed by atoms with Crippen molar-refractivity contribution in [3.05, 3.63) is 11.6 Å². The first-order chi connectivity index (χ1) is 23.7. The number of epoxide rings is 1. The van der Waals surface area contributed by atoms with Gasteiger partial charge >= 0.3 is 5.97 Å². The third kappa shape index (κ3) is 4.93. The van der Waals surface area contributed by atoms with Crippen LogP contribution in [0, 0.1) is 34.5 Å². The van der Waals surface area contributed by atoms with Crippen LogP contribution >= 0.6 is 0 Å². The summed E-state index contributed by atoms with van der Waals surface area (Å²) in [6.07, 6.45) is -3.00. The molecule has 0 aromatic heterocycles. The Hall–Kier alpha value is -1.27. The summed E-state index contributed by atoms with van der Waals surface area (Å²) in [5, 5.41) is 64.4. The van der Waals surface area contributed by atoms with Gasteiger partial charge in [-0.3, -0.25) is 0 Å². The van der Waals surface area contributed by atoms with Crippen LogP contribution in [0.25, 0.3) is 0 Å². The number of esters is 1. The molecule has 50 heavy (non-hydrogen) atoms. The first-order valence-electron chi connectivity index (χ1n) is 18.5. The number of hydrogen-bond acceptors (Lipinski definition) is 14. The van der Waals surface area contributed by atoms with E-state index in [2.05, 4.69) is 13.8 Å². The summed E-state index contributed by atoms with van der Waals surface area (Å²) in [6.45, 7) is 6.03. The zero-order valence-electron chi connectivity index (χ0n) is 29.3. The molecule has 0 aromatic carbocycles. The largest absolute Gasteiger partial charge is 0.458 e. The van der Waals surface area contributed by atoms with E-state index in [0.717, 1.165) is 50.5 Å². The lowest BCUT2D eigenvalue weighted by Gasteiger charge is -2.62. The van der Waals surface area contributed by atoms with Crippen LogP contribution in [0.2, 0.25) is 0 Å². The molecule has 4 aliphatic carbocycles. The quantitative estimate of drug-likeness (QED) is 0.119. The van der Waals surface area contributed by atoms with Gasteiger partial charge in [-0.25, -0.2) is 4.79 Å². The standard InChI is InChI=1S/C36H54O14/c1-16-28(48-31-20(14-37)25(39)26(40)30(42)49-31)29(44-4)27(41)32(46-16)47-19-5-8-33(2)18(12-19)13-23-36(50-23)22(33)7-9-34(3)21(6-10-35(34,36)43)17-11-24(38)45-15-17/h11,16,18-23,25-32,37,39-43H,5-10,12-15H2,1-4H3/t16-,18-,19-,20+,21-,22?,23+,25+,26-,27-,28-,29-,30-,31+,32-,33-,34+,35?,36?/m0/s1. The van der Waals surface area contributed by atoms with Gasteiger partial charge < -0.3 is 63.8 Å². The smallest absolute Gasteiger partial charge is 0.331 e. The highest BCUT2D eigenvalue weighted by molar-refractivity contribution is 5.85. The number of cyclic esters (lactones) is 1. The van der Waals surface area contributed by atoms with Crippen molar-refractivity contribution in [1.29, 1.82) is 0 Å². The fourth-order valence-corrected chi connectivity index (χ4v) is 12.0. The van der Waals surface area contributed by atoms with Crippen molar-refractivity contribution in [1.82, 2.24) is 0 Å². The number of carbonyl (C=O) groups excluding carboxylic acids is 1. The van der Waals surface area contributed by atoms with Gasteiger partial charge in [0, 0.05) is 18.6 Å². The minimum atomic E-state index is -1.73. The zero-order chi connectivity index (χ0) is 35.5. The van der Waals surface area contributed by atoms with Crippen LogP contribution < -0.4 is 0 Å². The maximum absolute atomic E-state index is 12.7. The molecule has 4 aliphatic heterocycles. The van der Waals surface area contributed by atoms with E-state index in [1.807, 2.05) is 0 Å². The van der Waals surface area contributed by atoms with Crippen molar-refractivity contribution >= 4 is 5.97 Å². The number of hydrogen-bond donors (Lipinski definition) is 6. The molecule has 14 nitrogen and oxygen atoms in total. The Morgan fingerprint density at radius 2 is 1.70 bits per heavy atom. The van der Waals surface area contributed by atoms with Gasteiger partial charge in [0.05, 0.1) is 36.9 Å². The second-order valence-electron chi connectivity index (χ2n) is 16.9. The Bertz CT molecular complexity index is 1360. The molecule has 4 saturated carbocycles. The molecule has 0 aromatic rings. The highest BCUT2D eigenvalue weighted by Crippen LogP contribution is 2.77. The van der Waals surface area contributed by atoms with Gasteiger partial charge in [-0.2, -0.15) is 0 Å². The van der Waals surface area contributed by atoms with Gasteiger partial charge in [-0.1, -0.05) is 13.8 Å². The Kier molecular flexibility index (Phi) is 8.86. The van der Waals surface area contributed by atoms with Gasteiger partial charge in [0.1, 0.15) is 42.2 Å². The summed E-state index contributed by atoms with van der Waals surface area (Å²) >= 11 is 0. The molecular formula is C36H54O14. The zero-order valence-corrected chi connectivity index (χ0v) is 29.3. The lowest BCUT2D eigenvalue weighted by atomic mass is 9.43. The molecule has 3 unspecified atom stereocenters. The molecule has 0 amide bonds. The Morgan fingerprint density at radius 3 is 2.40 bits per heavy atom. The number of aliphatic hydroxyl groups excluding tert-OH is 5. The average Bonchev–Trinajstić information content (AvgIpc) is 3.52. The van der Waals surface area contributed by atoms with Gasteiger partial charge in [-0.05, 0) is 87.0 Å². The minimum Gasteiger partial charge on any atom is -0.458 e. The van der Waals surface area contributed by atoms with E-state index in [1.54, 1.807) is 13.0 Å². The highest BCUT2D eigenvalue weighted by atomic mass is 16.8. The molecular weight excluding hydrogens is 656 g/mol. The number of aliphatic hydroxyl groups is 6. The van der Waals surface area contributed by atoms with E-state index < -0.39 is 84.6 Å². The molecule has 282 valence electrons. The van der Waals surface area contributed by atoms with Crippen LogP contribution in [0.4, 0.5) is 0 Å². The van der Waals surface area contributed by atoms with E-state index in [0.29, 0.717) is 18.9 Å². The molecule has 3 saturated heterocycles. The Labute approximate surface area is 291 Å².